The van der Waals surface area contributed by atoms with Gasteiger partial charge in [-0.15, -0.1) is 0 Å². The van der Waals surface area contributed by atoms with Crippen LogP contribution in [0.5, 0.6) is 11.5 Å². The number of rotatable bonds is 10. The van der Waals surface area contributed by atoms with Gasteiger partial charge in [-0.2, -0.15) is 0 Å². The molecule has 0 atom stereocenters. The monoisotopic (exact) mass is 578 g/mol. The summed E-state index contributed by atoms with van der Waals surface area (Å²) in [6.45, 7) is 3.50. The van der Waals surface area contributed by atoms with Gasteiger partial charge < -0.3 is 14.8 Å². The average molecular weight is 579 g/mol. The van der Waals surface area contributed by atoms with Gasteiger partial charge in [0, 0.05) is 16.3 Å². The van der Waals surface area contributed by atoms with E-state index in [4.69, 9.17) is 21.1 Å². The topological polar surface area (TPSA) is 102 Å². The van der Waals surface area contributed by atoms with Gasteiger partial charge >= 0.3 is 0 Å². The number of para-hydroxylation sites is 1. The number of imide groups is 1. The smallest absolute Gasteiger partial charge is 0.293 e. The van der Waals surface area contributed by atoms with Crippen LogP contribution in [0.3, 0.4) is 0 Å². The number of ether oxygens (including phenoxy) is 2. The molecule has 1 aliphatic rings. The van der Waals surface area contributed by atoms with Crippen LogP contribution in [-0.4, -0.2) is 48.0 Å². The van der Waals surface area contributed by atoms with Crippen LogP contribution in [0, 0.1) is 0 Å². The normalized spacial score (nSPS) is 14.1. The highest BCUT2D eigenvalue weighted by molar-refractivity contribution is 8.18. The molecule has 10 heteroatoms. The first-order valence-electron chi connectivity index (χ1n) is 12.4. The molecule has 1 heterocycles. The fourth-order valence-corrected chi connectivity index (χ4v) is 4.96. The van der Waals surface area contributed by atoms with Gasteiger partial charge in [0.15, 0.2) is 23.9 Å². The molecule has 0 bridgehead atoms. The quantitative estimate of drug-likeness (QED) is 0.219. The molecule has 0 unspecified atom stereocenters. The van der Waals surface area contributed by atoms with Crippen LogP contribution in [-0.2, 0) is 9.59 Å². The van der Waals surface area contributed by atoms with E-state index in [1.54, 1.807) is 48.5 Å². The predicted octanol–water partition coefficient (Wildman–Crippen LogP) is 6.41. The Balaban J connectivity index is 1.41. The number of amides is 3. The zero-order valence-corrected chi connectivity index (χ0v) is 23.7. The van der Waals surface area contributed by atoms with E-state index in [9.17, 15) is 19.2 Å². The van der Waals surface area contributed by atoms with Crippen LogP contribution in [0.15, 0.2) is 71.6 Å². The van der Waals surface area contributed by atoms with Crippen molar-refractivity contribution >= 4 is 58.0 Å². The Hall–Kier alpha value is -4.08. The predicted molar refractivity (Wildman–Crippen MR) is 156 cm³/mol. The first kappa shape index (κ1) is 28.9. The average Bonchev–Trinajstić information content (AvgIpc) is 3.19. The largest absolute Gasteiger partial charge is 0.493 e. The van der Waals surface area contributed by atoms with E-state index >= 15 is 0 Å². The van der Waals surface area contributed by atoms with Crippen LogP contribution in [0.1, 0.15) is 41.3 Å². The number of nitrogens with one attached hydrogen (secondary N) is 1. The summed E-state index contributed by atoms with van der Waals surface area (Å²) in [4.78, 5) is 51.6. The van der Waals surface area contributed by atoms with Crippen LogP contribution < -0.4 is 14.8 Å². The summed E-state index contributed by atoms with van der Waals surface area (Å²) < 4.78 is 11.1. The van der Waals surface area contributed by atoms with Gasteiger partial charge in [0.05, 0.1) is 18.6 Å². The Kier molecular flexibility index (Phi) is 9.29. The van der Waals surface area contributed by atoms with Crippen molar-refractivity contribution in [3.63, 3.8) is 0 Å². The third-order valence-electron chi connectivity index (χ3n) is 6.04. The lowest BCUT2D eigenvalue weighted by atomic mass is 10.0. The van der Waals surface area contributed by atoms with Crippen LogP contribution >= 0.6 is 23.4 Å². The van der Waals surface area contributed by atoms with Gasteiger partial charge in [0.1, 0.15) is 0 Å². The third-order valence-corrected chi connectivity index (χ3v) is 7.20. The molecular weight excluding hydrogens is 552 g/mol. The number of carbonyl (C=O) groups is 4. The minimum absolute atomic E-state index is 0.174. The molecule has 3 aromatic rings. The Morgan fingerprint density at radius 2 is 1.75 bits per heavy atom. The number of methoxy groups -OCH3 is 1. The summed E-state index contributed by atoms with van der Waals surface area (Å²) in [7, 11) is 1.46. The second kappa shape index (κ2) is 12.8. The van der Waals surface area contributed by atoms with Gasteiger partial charge in [0.25, 0.3) is 17.1 Å². The summed E-state index contributed by atoms with van der Waals surface area (Å²) in [5.74, 6) is -0.318. The maximum absolute atomic E-state index is 12.9. The minimum Gasteiger partial charge on any atom is -0.493 e. The Morgan fingerprint density at radius 3 is 2.45 bits per heavy atom. The van der Waals surface area contributed by atoms with E-state index in [1.807, 2.05) is 24.3 Å². The van der Waals surface area contributed by atoms with Crippen molar-refractivity contribution in [2.45, 2.75) is 19.8 Å². The van der Waals surface area contributed by atoms with E-state index in [-0.39, 0.29) is 35.7 Å². The van der Waals surface area contributed by atoms with Crippen molar-refractivity contribution in [2.24, 2.45) is 0 Å². The number of anilines is 1. The lowest BCUT2D eigenvalue weighted by Gasteiger charge is -2.15. The molecule has 3 amide bonds. The van der Waals surface area contributed by atoms with Crippen molar-refractivity contribution in [2.75, 3.05) is 25.6 Å². The van der Waals surface area contributed by atoms with Gasteiger partial charge in [-0.25, -0.2) is 0 Å². The first-order chi connectivity index (χ1) is 19.2. The number of nitrogens with zero attached hydrogens (tertiary/aromatic N) is 1. The van der Waals surface area contributed by atoms with Crippen LogP contribution in [0.25, 0.3) is 6.08 Å². The molecule has 0 aromatic heterocycles. The number of benzene rings is 3. The van der Waals surface area contributed by atoms with Crippen LogP contribution in [0.4, 0.5) is 10.5 Å². The van der Waals surface area contributed by atoms with Crippen molar-refractivity contribution in [3.05, 3.63) is 93.3 Å². The minimum atomic E-state index is -0.560. The van der Waals surface area contributed by atoms with Crippen molar-refractivity contribution in [1.82, 2.24) is 4.90 Å². The highest BCUT2D eigenvalue weighted by Crippen LogP contribution is 2.35. The molecule has 1 saturated heterocycles. The van der Waals surface area contributed by atoms with Gasteiger partial charge in [-0.1, -0.05) is 49.7 Å². The standard InChI is InChI=1S/C30H27ClN2O6S/c1-18(2)22-6-4-5-7-23(22)32-28(35)17-39-25-13-8-19(14-26(25)38-3)15-27-29(36)33(30(37)40-27)16-24(34)20-9-11-21(31)12-10-20/h4-15,18H,16-17H2,1-3H3,(H,32,35)/b27-15-. The summed E-state index contributed by atoms with van der Waals surface area (Å²) in [6.07, 6.45) is 1.54. The highest BCUT2D eigenvalue weighted by Gasteiger charge is 2.36. The number of hydrogen-bond donors (Lipinski definition) is 1. The number of Topliss-reactive ketones (excluding diaryl/α,β-unsaturated/α-hetero) is 1. The molecule has 1 fully saturated rings. The summed E-state index contributed by atoms with van der Waals surface area (Å²) in [5, 5.41) is 2.83. The summed E-state index contributed by atoms with van der Waals surface area (Å²) in [5.41, 5.74) is 2.69. The SMILES string of the molecule is COc1cc(/C=C2\SC(=O)N(CC(=O)c3ccc(Cl)cc3)C2=O)ccc1OCC(=O)Nc1ccccc1C(C)C. The second-order valence-electron chi connectivity index (χ2n) is 9.19. The zero-order valence-electron chi connectivity index (χ0n) is 22.1. The van der Waals surface area contributed by atoms with E-state index < -0.39 is 11.1 Å². The van der Waals surface area contributed by atoms with Gasteiger partial charge in [-0.05, 0) is 77.3 Å². The molecule has 0 aliphatic carbocycles. The number of halogens is 1. The van der Waals surface area contributed by atoms with E-state index in [1.165, 1.54) is 7.11 Å². The molecule has 8 nitrogen and oxygen atoms in total. The van der Waals surface area contributed by atoms with Crippen molar-refractivity contribution in [3.8, 4) is 11.5 Å². The highest BCUT2D eigenvalue weighted by atomic mass is 35.5. The molecule has 0 saturated carbocycles. The maximum Gasteiger partial charge on any atom is 0.293 e. The summed E-state index contributed by atoms with van der Waals surface area (Å²) in [6, 6.07) is 18.8. The van der Waals surface area contributed by atoms with E-state index in [0.29, 0.717) is 27.6 Å². The number of ketones is 1. The lowest BCUT2D eigenvalue weighted by Crippen LogP contribution is -2.33. The third kappa shape index (κ3) is 6.91. The molecule has 40 heavy (non-hydrogen) atoms. The fourth-order valence-electron chi connectivity index (χ4n) is 4.00. The van der Waals surface area contributed by atoms with Crippen LogP contribution in [0.2, 0.25) is 5.02 Å². The Morgan fingerprint density at radius 1 is 1.02 bits per heavy atom. The zero-order chi connectivity index (χ0) is 28.8. The molecule has 3 aromatic carbocycles. The Bertz CT molecular complexity index is 1490. The second-order valence-corrected chi connectivity index (χ2v) is 10.6. The molecule has 0 radical (unpaired) electrons. The molecule has 206 valence electrons. The molecular formula is C30H27ClN2O6S. The van der Waals surface area contributed by atoms with Crippen molar-refractivity contribution in [1.29, 1.82) is 0 Å². The first-order valence-corrected chi connectivity index (χ1v) is 13.6. The molecule has 1 aliphatic heterocycles. The molecule has 0 spiro atoms. The van der Waals surface area contributed by atoms with E-state index in [2.05, 4.69) is 19.2 Å². The number of hydrogen-bond acceptors (Lipinski definition) is 7. The van der Waals surface area contributed by atoms with Gasteiger partial charge in [0.2, 0.25) is 0 Å². The number of thioether (sulfide) groups is 1. The molecule has 4 rings (SSSR count). The van der Waals surface area contributed by atoms with E-state index in [0.717, 1.165) is 27.9 Å². The lowest BCUT2D eigenvalue weighted by molar-refractivity contribution is -0.122. The number of carbonyl (C=O) groups excluding carboxylic acids is 4. The maximum atomic E-state index is 12.9. The van der Waals surface area contributed by atoms with Gasteiger partial charge in [-0.3, -0.25) is 24.1 Å². The fraction of sp³-hybridized carbons (Fsp3) is 0.200. The summed E-state index contributed by atoms with van der Waals surface area (Å²) >= 11 is 6.61. The van der Waals surface area contributed by atoms with Crippen molar-refractivity contribution < 1.29 is 28.7 Å². The Labute approximate surface area is 241 Å². The molecule has 1 N–H and O–H groups in total.